The predicted molar refractivity (Wildman–Crippen MR) is 42.7 cm³/mol. The Morgan fingerprint density at radius 1 is 1.50 bits per heavy atom. The van der Waals surface area contributed by atoms with Gasteiger partial charge in [-0.25, -0.2) is 0 Å². The number of hydrazine groups is 1. The summed E-state index contributed by atoms with van der Waals surface area (Å²) in [6.07, 6.45) is 0. The van der Waals surface area contributed by atoms with E-state index in [9.17, 15) is 0 Å². The Hall–Kier alpha value is -0.120. The maximum atomic E-state index is 4.98. The summed E-state index contributed by atoms with van der Waals surface area (Å²) in [5.74, 6) is 0.576. The van der Waals surface area contributed by atoms with Gasteiger partial charge in [0.2, 0.25) is 0 Å². The van der Waals surface area contributed by atoms with Gasteiger partial charge in [-0.05, 0) is 5.92 Å². The number of nitrogens with zero attached hydrogens (tertiary/aromatic N) is 1. The highest BCUT2D eigenvalue weighted by molar-refractivity contribution is 4.51. The van der Waals surface area contributed by atoms with E-state index >= 15 is 0 Å². The second kappa shape index (κ2) is 5.65. The lowest BCUT2D eigenvalue weighted by Crippen LogP contribution is -2.35. The van der Waals surface area contributed by atoms with Gasteiger partial charge in [0, 0.05) is 27.7 Å². The molecule has 3 nitrogen and oxygen atoms in total. The van der Waals surface area contributed by atoms with E-state index < -0.39 is 0 Å². The first-order chi connectivity index (χ1) is 4.66. The molecule has 0 aliphatic heterocycles. The van der Waals surface area contributed by atoms with Crippen LogP contribution in [-0.4, -0.2) is 39.4 Å². The molecular weight excluding hydrogens is 128 g/mol. The smallest absolute Gasteiger partial charge is 0.0500 e. The van der Waals surface area contributed by atoms with Crippen LogP contribution in [0.4, 0.5) is 0 Å². The average Bonchev–Trinajstić information content (AvgIpc) is 1.85. The Balaban J connectivity index is 3.12. The standard InChI is InChI=1S/C7H18N2O/c1-7(6-10-4)5-8-9(2)3/h7-8H,5-6H2,1-4H3. The lowest BCUT2D eigenvalue weighted by molar-refractivity contribution is 0.144. The van der Waals surface area contributed by atoms with E-state index in [0.29, 0.717) is 5.92 Å². The van der Waals surface area contributed by atoms with Gasteiger partial charge in [0.15, 0.2) is 0 Å². The molecule has 10 heavy (non-hydrogen) atoms. The molecule has 1 unspecified atom stereocenters. The Kier molecular flexibility index (Phi) is 5.58. The summed E-state index contributed by atoms with van der Waals surface area (Å²) in [7, 11) is 5.70. The molecule has 0 aromatic rings. The molecule has 0 fully saturated rings. The third kappa shape index (κ3) is 6.01. The monoisotopic (exact) mass is 146 g/mol. The summed E-state index contributed by atoms with van der Waals surface area (Å²) in [6.45, 7) is 3.95. The molecule has 1 N–H and O–H groups in total. The van der Waals surface area contributed by atoms with Gasteiger partial charge in [-0.2, -0.15) is 0 Å². The van der Waals surface area contributed by atoms with Crippen molar-refractivity contribution in [2.75, 3.05) is 34.4 Å². The summed E-state index contributed by atoms with van der Waals surface area (Å²) in [5.41, 5.74) is 3.18. The van der Waals surface area contributed by atoms with Crippen LogP contribution < -0.4 is 5.43 Å². The molecule has 0 radical (unpaired) electrons. The normalized spacial score (nSPS) is 14.1. The Bertz CT molecular complexity index is 76.0. The van der Waals surface area contributed by atoms with E-state index in [1.54, 1.807) is 7.11 Å². The Labute approximate surface area is 63.3 Å². The Morgan fingerprint density at radius 2 is 2.10 bits per heavy atom. The lowest BCUT2D eigenvalue weighted by atomic mass is 10.2. The summed E-state index contributed by atoms with van der Waals surface area (Å²) < 4.78 is 4.98. The summed E-state index contributed by atoms with van der Waals surface area (Å²) in [6, 6.07) is 0. The molecule has 0 heterocycles. The molecule has 0 rings (SSSR count). The fourth-order valence-electron chi connectivity index (χ4n) is 0.682. The second-order valence-corrected chi connectivity index (χ2v) is 2.82. The van der Waals surface area contributed by atoms with Crippen LogP contribution >= 0.6 is 0 Å². The summed E-state index contributed by atoms with van der Waals surface area (Å²) >= 11 is 0. The van der Waals surface area contributed by atoms with Crippen LogP contribution in [0.5, 0.6) is 0 Å². The maximum absolute atomic E-state index is 4.98. The van der Waals surface area contributed by atoms with Gasteiger partial charge in [0.25, 0.3) is 0 Å². The molecule has 0 saturated carbocycles. The van der Waals surface area contributed by atoms with Crippen molar-refractivity contribution in [2.24, 2.45) is 5.92 Å². The Morgan fingerprint density at radius 3 is 2.50 bits per heavy atom. The first-order valence-electron chi connectivity index (χ1n) is 3.56. The van der Waals surface area contributed by atoms with Crippen molar-refractivity contribution >= 4 is 0 Å². The third-order valence-electron chi connectivity index (χ3n) is 1.21. The fourth-order valence-corrected chi connectivity index (χ4v) is 0.682. The van der Waals surface area contributed by atoms with Gasteiger partial charge in [0.05, 0.1) is 6.61 Å². The van der Waals surface area contributed by atoms with Crippen LogP contribution in [0.2, 0.25) is 0 Å². The van der Waals surface area contributed by atoms with Crippen LogP contribution in [0.15, 0.2) is 0 Å². The average molecular weight is 146 g/mol. The molecule has 0 aliphatic rings. The highest BCUT2D eigenvalue weighted by Gasteiger charge is 1.99. The quantitative estimate of drug-likeness (QED) is 0.566. The van der Waals surface area contributed by atoms with Gasteiger partial charge < -0.3 is 4.74 Å². The van der Waals surface area contributed by atoms with E-state index in [0.717, 1.165) is 13.2 Å². The van der Waals surface area contributed by atoms with Gasteiger partial charge in [0.1, 0.15) is 0 Å². The zero-order valence-corrected chi connectivity index (χ0v) is 7.35. The zero-order chi connectivity index (χ0) is 7.98. The van der Waals surface area contributed by atoms with Gasteiger partial charge in [-0.15, -0.1) is 0 Å². The lowest BCUT2D eigenvalue weighted by Gasteiger charge is -2.15. The summed E-state index contributed by atoms with van der Waals surface area (Å²) in [5, 5.41) is 1.95. The molecule has 0 bridgehead atoms. The van der Waals surface area contributed by atoms with Gasteiger partial charge >= 0.3 is 0 Å². The van der Waals surface area contributed by atoms with E-state index in [-0.39, 0.29) is 0 Å². The van der Waals surface area contributed by atoms with Gasteiger partial charge in [-0.3, -0.25) is 10.4 Å². The molecular formula is C7H18N2O. The van der Waals surface area contributed by atoms with E-state index in [2.05, 4.69) is 12.3 Å². The predicted octanol–water partition coefficient (Wildman–Crippen LogP) is 0.335. The molecule has 0 aromatic carbocycles. The molecule has 3 heteroatoms. The minimum absolute atomic E-state index is 0.576. The van der Waals surface area contributed by atoms with Gasteiger partial charge in [-0.1, -0.05) is 6.92 Å². The SMILES string of the molecule is COCC(C)CNN(C)C. The largest absolute Gasteiger partial charge is 0.384 e. The highest BCUT2D eigenvalue weighted by Crippen LogP contribution is 1.91. The molecule has 1 atom stereocenters. The van der Waals surface area contributed by atoms with Crippen molar-refractivity contribution in [1.82, 2.24) is 10.4 Å². The molecule has 0 spiro atoms. The van der Waals surface area contributed by atoms with Crippen LogP contribution in [0, 0.1) is 5.92 Å². The number of rotatable bonds is 5. The van der Waals surface area contributed by atoms with Crippen molar-refractivity contribution in [3.05, 3.63) is 0 Å². The number of nitrogens with one attached hydrogen (secondary N) is 1. The van der Waals surface area contributed by atoms with Crippen molar-refractivity contribution < 1.29 is 4.74 Å². The van der Waals surface area contributed by atoms with Crippen molar-refractivity contribution in [3.8, 4) is 0 Å². The maximum Gasteiger partial charge on any atom is 0.0500 e. The van der Waals surface area contributed by atoms with Crippen LogP contribution in [0.1, 0.15) is 6.92 Å². The van der Waals surface area contributed by atoms with E-state index in [1.807, 2.05) is 19.1 Å². The van der Waals surface area contributed by atoms with Crippen molar-refractivity contribution in [1.29, 1.82) is 0 Å². The van der Waals surface area contributed by atoms with Crippen molar-refractivity contribution in [3.63, 3.8) is 0 Å². The molecule has 0 aliphatic carbocycles. The summed E-state index contributed by atoms with van der Waals surface area (Å²) in [4.78, 5) is 0. The number of ether oxygens (including phenoxy) is 1. The van der Waals surface area contributed by atoms with Crippen LogP contribution in [0.3, 0.4) is 0 Å². The topological polar surface area (TPSA) is 24.5 Å². The van der Waals surface area contributed by atoms with Crippen molar-refractivity contribution in [2.45, 2.75) is 6.92 Å². The number of hydrogen-bond donors (Lipinski definition) is 1. The molecule has 0 amide bonds. The molecule has 0 aromatic heterocycles. The third-order valence-corrected chi connectivity index (χ3v) is 1.21. The first kappa shape index (κ1) is 9.88. The van der Waals surface area contributed by atoms with E-state index in [4.69, 9.17) is 4.74 Å². The minimum Gasteiger partial charge on any atom is -0.384 e. The number of methoxy groups -OCH3 is 1. The molecule has 0 saturated heterocycles. The minimum atomic E-state index is 0.576. The number of hydrogen-bond acceptors (Lipinski definition) is 3. The van der Waals surface area contributed by atoms with Crippen LogP contribution in [-0.2, 0) is 4.74 Å². The fraction of sp³-hybridized carbons (Fsp3) is 1.00. The molecule has 62 valence electrons. The highest BCUT2D eigenvalue weighted by atomic mass is 16.5. The zero-order valence-electron chi connectivity index (χ0n) is 7.35. The van der Waals surface area contributed by atoms with E-state index in [1.165, 1.54) is 0 Å². The van der Waals surface area contributed by atoms with Crippen LogP contribution in [0.25, 0.3) is 0 Å². The second-order valence-electron chi connectivity index (χ2n) is 2.82. The first-order valence-corrected chi connectivity index (χ1v) is 3.56.